The highest BCUT2D eigenvalue weighted by molar-refractivity contribution is 7.93. The SMILES string of the molecule is C#CCCC1(CCOC(=O)Cc2ccc(N(CC)S(=O)(=O)c3cc(Cl)ccc3Cl)cc2)N=N1. The molecule has 0 N–H and O–H groups in total. The first kappa shape index (κ1) is 25.0. The Morgan fingerprint density at radius 2 is 1.85 bits per heavy atom. The quantitative estimate of drug-likeness (QED) is 0.306. The first-order chi connectivity index (χ1) is 15.7. The van der Waals surface area contributed by atoms with E-state index in [1.165, 1.54) is 22.5 Å². The summed E-state index contributed by atoms with van der Waals surface area (Å²) in [7, 11) is -3.92. The van der Waals surface area contributed by atoms with E-state index in [1.54, 1.807) is 31.2 Å². The number of terminal acetylenes is 1. The van der Waals surface area contributed by atoms with E-state index in [1.807, 2.05) is 0 Å². The van der Waals surface area contributed by atoms with Crippen LogP contribution in [0.4, 0.5) is 5.69 Å². The molecular weight excluding hydrogens is 485 g/mol. The van der Waals surface area contributed by atoms with Crippen LogP contribution in [0, 0.1) is 12.3 Å². The third-order valence-electron chi connectivity index (χ3n) is 5.14. The van der Waals surface area contributed by atoms with Crippen LogP contribution in [0.1, 0.15) is 31.7 Å². The van der Waals surface area contributed by atoms with Crippen molar-refractivity contribution in [2.24, 2.45) is 10.2 Å². The van der Waals surface area contributed by atoms with Crippen LogP contribution < -0.4 is 4.31 Å². The highest BCUT2D eigenvalue weighted by atomic mass is 35.5. The van der Waals surface area contributed by atoms with Crippen LogP contribution in [-0.4, -0.2) is 33.2 Å². The molecule has 1 aliphatic heterocycles. The molecule has 2 aromatic rings. The molecule has 33 heavy (non-hydrogen) atoms. The van der Waals surface area contributed by atoms with Gasteiger partial charge >= 0.3 is 5.97 Å². The molecule has 0 bridgehead atoms. The molecule has 0 unspecified atom stereocenters. The van der Waals surface area contributed by atoms with Gasteiger partial charge in [-0.1, -0.05) is 35.3 Å². The first-order valence-electron chi connectivity index (χ1n) is 10.3. The molecule has 0 saturated carbocycles. The number of esters is 1. The van der Waals surface area contributed by atoms with E-state index in [2.05, 4.69) is 16.1 Å². The number of anilines is 1. The molecule has 0 radical (unpaired) electrons. The van der Waals surface area contributed by atoms with Crippen LogP contribution in [0.2, 0.25) is 10.0 Å². The van der Waals surface area contributed by atoms with Gasteiger partial charge in [-0.05, 0) is 42.8 Å². The summed E-state index contributed by atoms with van der Waals surface area (Å²) in [5.41, 5.74) is 0.647. The number of ether oxygens (including phenoxy) is 1. The molecule has 0 amide bonds. The molecule has 0 atom stereocenters. The number of rotatable bonds is 11. The minimum Gasteiger partial charge on any atom is -0.465 e. The molecule has 1 aliphatic rings. The number of carbonyl (C=O) groups is 1. The molecule has 174 valence electrons. The summed E-state index contributed by atoms with van der Waals surface area (Å²) in [4.78, 5) is 12.1. The summed E-state index contributed by atoms with van der Waals surface area (Å²) in [5.74, 6) is 2.17. The molecule has 0 aromatic heterocycles. The number of carbonyl (C=O) groups excluding carboxylic acids is 1. The predicted molar refractivity (Wildman–Crippen MR) is 128 cm³/mol. The molecule has 1 heterocycles. The zero-order valence-electron chi connectivity index (χ0n) is 18.0. The van der Waals surface area contributed by atoms with E-state index < -0.39 is 15.7 Å². The van der Waals surface area contributed by atoms with Crippen molar-refractivity contribution in [2.45, 2.75) is 43.2 Å². The van der Waals surface area contributed by atoms with Crippen LogP contribution in [0.25, 0.3) is 0 Å². The fourth-order valence-corrected chi connectivity index (χ4v) is 5.49. The fraction of sp³-hybridized carbons (Fsp3) is 0.348. The Labute approximate surface area is 203 Å². The van der Waals surface area contributed by atoms with E-state index in [4.69, 9.17) is 34.4 Å². The van der Waals surface area contributed by atoms with E-state index in [0.717, 1.165) is 0 Å². The van der Waals surface area contributed by atoms with Crippen molar-refractivity contribution in [2.75, 3.05) is 17.5 Å². The average molecular weight is 508 g/mol. The summed E-state index contributed by atoms with van der Waals surface area (Å²) in [6.07, 6.45) is 7.06. The first-order valence-corrected chi connectivity index (χ1v) is 12.5. The number of benzene rings is 2. The lowest BCUT2D eigenvalue weighted by Crippen LogP contribution is -2.31. The van der Waals surface area contributed by atoms with Crippen molar-refractivity contribution in [3.63, 3.8) is 0 Å². The van der Waals surface area contributed by atoms with Gasteiger partial charge in [0.25, 0.3) is 10.0 Å². The second-order valence-corrected chi connectivity index (χ2v) is 10.1. The number of sulfonamides is 1. The van der Waals surface area contributed by atoms with Crippen LogP contribution in [0.5, 0.6) is 0 Å². The Balaban J connectivity index is 1.61. The average Bonchev–Trinajstić information content (AvgIpc) is 3.55. The number of nitrogens with zero attached hydrogens (tertiary/aromatic N) is 3. The molecule has 0 aliphatic carbocycles. The maximum atomic E-state index is 13.2. The topological polar surface area (TPSA) is 88.4 Å². The van der Waals surface area contributed by atoms with Gasteiger partial charge in [-0.25, -0.2) is 8.42 Å². The normalized spacial score (nSPS) is 13.9. The number of hydrogen-bond donors (Lipinski definition) is 0. The highest BCUT2D eigenvalue weighted by Crippen LogP contribution is 2.36. The smallest absolute Gasteiger partial charge is 0.310 e. The number of halogens is 2. The van der Waals surface area contributed by atoms with Gasteiger partial charge in [-0.3, -0.25) is 9.10 Å². The van der Waals surface area contributed by atoms with Gasteiger partial charge in [0.05, 0.1) is 23.7 Å². The summed E-state index contributed by atoms with van der Waals surface area (Å²) < 4.78 is 32.8. The lowest BCUT2D eigenvalue weighted by Gasteiger charge is -2.23. The number of hydrogen-bond acceptors (Lipinski definition) is 6. The third-order valence-corrected chi connectivity index (χ3v) is 7.76. The maximum Gasteiger partial charge on any atom is 0.310 e. The molecular formula is C23H23Cl2N3O4S. The lowest BCUT2D eigenvalue weighted by molar-refractivity contribution is -0.143. The van der Waals surface area contributed by atoms with Gasteiger partial charge < -0.3 is 4.74 Å². The summed E-state index contributed by atoms with van der Waals surface area (Å²) >= 11 is 12.1. The Morgan fingerprint density at radius 3 is 2.45 bits per heavy atom. The standard InChI is InChI=1S/C23H23Cl2N3O4S/c1-3-5-12-23(26-27-23)13-14-32-22(29)15-17-6-9-19(10-7-17)28(4-2)33(30,31)21-16-18(24)8-11-20(21)25/h1,6-11,16H,4-5,12-15H2,2H3. The zero-order chi connectivity index (χ0) is 24.1. The van der Waals surface area contributed by atoms with Crippen molar-refractivity contribution in [1.29, 1.82) is 0 Å². The monoisotopic (exact) mass is 507 g/mol. The van der Waals surface area contributed by atoms with Crippen molar-refractivity contribution in [1.82, 2.24) is 0 Å². The van der Waals surface area contributed by atoms with Gasteiger partial charge in [0.15, 0.2) is 5.66 Å². The Morgan fingerprint density at radius 1 is 1.15 bits per heavy atom. The summed E-state index contributed by atoms with van der Waals surface area (Å²) in [6, 6.07) is 11.0. The van der Waals surface area contributed by atoms with Gasteiger partial charge in [0, 0.05) is 30.8 Å². The molecule has 0 fully saturated rings. The summed E-state index contributed by atoms with van der Waals surface area (Å²) in [5, 5.41) is 8.37. The molecule has 7 nitrogen and oxygen atoms in total. The van der Waals surface area contributed by atoms with Crippen LogP contribution in [-0.2, 0) is 26.0 Å². The van der Waals surface area contributed by atoms with Crippen molar-refractivity contribution < 1.29 is 17.9 Å². The predicted octanol–water partition coefficient (Wildman–Crippen LogP) is 5.26. The van der Waals surface area contributed by atoms with Gasteiger partial charge in [-0.2, -0.15) is 10.2 Å². The fourth-order valence-electron chi connectivity index (χ4n) is 3.28. The molecule has 0 saturated heterocycles. The lowest BCUT2D eigenvalue weighted by atomic mass is 10.1. The molecule has 2 aromatic carbocycles. The van der Waals surface area contributed by atoms with Crippen LogP contribution in [0.15, 0.2) is 57.6 Å². The van der Waals surface area contributed by atoms with E-state index in [9.17, 15) is 13.2 Å². The van der Waals surface area contributed by atoms with Gasteiger partial charge in [0.2, 0.25) is 0 Å². The van der Waals surface area contributed by atoms with Crippen LogP contribution in [0.3, 0.4) is 0 Å². The molecule has 3 rings (SSSR count). The summed E-state index contributed by atoms with van der Waals surface area (Å²) in [6.45, 7) is 2.11. The largest absolute Gasteiger partial charge is 0.465 e. The van der Waals surface area contributed by atoms with Crippen molar-refractivity contribution >= 4 is 44.9 Å². The van der Waals surface area contributed by atoms with Gasteiger partial charge in [-0.15, -0.1) is 12.3 Å². The minimum absolute atomic E-state index is 0.0604. The van der Waals surface area contributed by atoms with E-state index >= 15 is 0 Å². The second kappa shape index (κ2) is 10.6. The second-order valence-electron chi connectivity index (χ2n) is 7.44. The van der Waals surface area contributed by atoms with E-state index in [0.29, 0.717) is 30.5 Å². The minimum atomic E-state index is -3.92. The van der Waals surface area contributed by atoms with Gasteiger partial charge in [0.1, 0.15) is 4.90 Å². The van der Waals surface area contributed by atoms with Crippen LogP contribution >= 0.6 is 23.2 Å². The molecule has 10 heteroatoms. The highest BCUT2D eigenvalue weighted by Gasteiger charge is 2.39. The van der Waals surface area contributed by atoms with E-state index in [-0.39, 0.29) is 40.5 Å². The Bertz CT molecular complexity index is 1190. The third kappa shape index (κ3) is 6.26. The van der Waals surface area contributed by atoms with Crippen molar-refractivity contribution in [3.05, 3.63) is 58.1 Å². The van der Waals surface area contributed by atoms with Crippen molar-refractivity contribution in [3.8, 4) is 12.3 Å². The zero-order valence-corrected chi connectivity index (χ0v) is 20.3. The Kier molecular flexibility index (Phi) is 8.01. The Hall–Kier alpha value is -2.60. The molecule has 0 spiro atoms. The maximum absolute atomic E-state index is 13.2.